The lowest BCUT2D eigenvalue weighted by atomic mass is 9.87. The molecule has 1 amide bonds. The van der Waals surface area contributed by atoms with Crippen LogP contribution in [-0.4, -0.2) is 30.4 Å². The van der Waals surface area contributed by atoms with Gasteiger partial charge < -0.3 is 10.1 Å². The van der Waals surface area contributed by atoms with Gasteiger partial charge in [0.2, 0.25) is 5.91 Å². The lowest BCUT2D eigenvalue weighted by Gasteiger charge is -2.28. The lowest BCUT2D eigenvalue weighted by molar-refractivity contribution is -0.123. The smallest absolute Gasteiger partial charge is 0.220 e. The van der Waals surface area contributed by atoms with E-state index in [2.05, 4.69) is 26.1 Å². The van der Waals surface area contributed by atoms with E-state index in [1.54, 1.807) is 0 Å². The summed E-state index contributed by atoms with van der Waals surface area (Å²) in [6, 6.07) is 0. The second kappa shape index (κ2) is 10.8. The first kappa shape index (κ1) is 22.1. The molecule has 0 aliphatic rings. The topological polar surface area (TPSA) is 55.4 Å². The van der Waals surface area contributed by atoms with E-state index in [1.807, 2.05) is 20.8 Å². The minimum absolute atomic E-state index is 0.000128. The van der Waals surface area contributed by atoms with E-state index in [0.717, 1.165) is 25.9 Å². The Morgan fingerprint density at radius 1 is 0.957 bits per heavy atom. The predicted molar refractivity (Wildman–Crippen MR) is 95.5 cm³/mol. The molecule has 4 nitrogen and oxygen atoms in total. The maximum Gasteiger partial charge on any atom is 0.220 e. The van der Waals surface area contributed by atoms with Crippen molar-refractivity contribution < 1.29 is 14.3 Å². The molecule has 0 aromatic heterocycles. The van der Waals surface area contributed by atoms with Crippen molar-refractivity contribution in [3.8, 4) is 0 Å². The van der Waals surface area contributed by atoms with Crippen LogP contribution >= 0.6 is 0 Å². The summed E-state index contributed by atoms with van der Waals surface area (Å²) >= 11 is 0. The quantitative estimate of drug-likeness (QED) is 0.550. The Morgan fingerprint density at radius 3 is 2.17 bits per heavy atom. The van der Waals surface area contributed by atoms with Crippen LogP contribution in [0.15, 0.2) is 0 Å². The lowest BCUT2D eigenvalue weighted by Crippen LogP contribution is -2.31. The minimum Gasteiger partial charge on any atom is -0.376 e. The molecule has 0 rings (SSSR count). The molecular weight excluding hydrogens is 290 g/mol. The summed E-state index contributed by atoms with van der Waals surface area (Å²) in [5.41, 5.74) is 0.0116. The third-order valence-corrected chi connectivity index (χ3v) is 4.44. The predicted octanol–water partition coefficient (Wildman–Crippen LogP) is 4.26. The molecule has 0 atom stereocenters. The van der Waals surface area contributed by atoms with E-state index in [-0.39, 0.29) is 17.3 Å². The van der Waals surface area contributed by atoms with Crippen molar-refractivity contribution in [2.75, 3.05) is 13.2 Å². The zero-order chi connectivity index (χ0) is 17.9. The summed E-state index contributed by atoms with van der Waals surface area (Å²) in [5, 5.41) is 2.82. The molecule has 23 heavy (non-hydrogen) atoms. The van der Waals surface area contributed by atoms with Crippen LogP contribution < -0.4 is 5.32 Å². The molecule has 0 aliphatic carbocycles. The molecular formula is C19H37NO3. The van der Waals surface area contributed by atoms with Crippen LogP contribution in [0.1, 0.15) is 86.5 Å². The third-order valence-electron chi connectivity index (χ3n) is 4.44. The largest absolute Gasteiger partial charge is 0.376 e. The zero-order valence-electron chi connectivity index (χ0n) is 16.1. The molecule has 0 radical (unpaired) electrons. The maximum absolute atomic E-state index is 11.8. The van der Waals surface area contributed by atoms with Crippen LogP contribution in [0.5, 0.6) is 0 Å². The van der Waals surface area contributed by atoms with Crippen molar-refractivity contribution in [2.24, 2.45) is 5.41 Å². The van der Waals surface area contributed by atoms with Gasteiger partial charge >= 0.3 is 0 Å². The summed E-state index contributed by atoms with van der Waals surface area (Å²) in [4.78, 5) is 23.2. The molecule has 0 aromatic rings. The summed E-state index contributed by atoms with van der Waals surface area (Å²) in [6.45, 7) is 13.9. The van der Waals surface area contributed by atoms with Crippen LogP contribution in [0.25, 0.3) is 0 Å². The van der Waals surface area contributed by atoms with Crippen LogP contribution in [0.3, 0.4) is 0 Å². The molecule has 0 heterocycles. The van der Waals surface area contributed by atoms with E-state index >= 15 is 0 Å². The molecule has 0 saturated heterocycles. The molecule has 0 spiro atoms. The first-order chi connectivity index (χ1) is 10.6. The number of ether oxygens (including phenoxy) is 1. The van der Waals surface area contributed by atoms with E-state index in [1.165, 1.54) is 0 Å². The van der Waals surface area contributed by atoms with E-state index in [9.17, 15) is 9.59 Å². The fourth-order valence-electron chi connectivity index (χ4n) is 2.10. The number of carbonyl (C=O) groups excluding carboxylic acids is 2. The van der Waals surface area contributed by atoms with Crippen LogP contribution in [0, 0.1) is 5.41 Å². The Bertz CT molecular complexity index is 362. The molecule has 0 bridgehead atoms. The summed E-state index contributed by atoms with van der Waals surface area (Å²) in [5.74, 6) is 0.217. The summed E-state index contributed by atoms with van der Waals surface area (Å²) in [6.07, 6.45) is 5.19. The molecule has 0 unspecified atom stereocenters. The number of Topliss-reactive ketones (excluding diaryl/α,β-unsaturated/α-hetero) is 1. The van der Waals surface area contributed by atoms with E-state index in [4.69, 9.17) is 4.74 Å². The zero-order valence-corrected chi connectivity index (χ0v) is 16.1. The first-order valence-electron chi connectivity index (χ1n) is 9.04. The highest BCUT2D eigenvalue weighted by molar-refractivity contribution is 5.80. The van der Waals surface area contributed by atoms with Crippen LogP contribution in [0.4, 0.5) is 0 Å². The highest BCUT2D eigenvalue weighted by Crippen LogP contribution is 2.26. The minimum atomic E-state index is -0.292. The van der Waals surface area contributed by atoms with E-state index < -0.39 is 0 Å². The summed E-state index contributed by atoms with van der Waals surface area (Å²) in [7, 11) is 0. The van der Waals surface area contributed by atoms with Crippen LogP contribution in [0.2, 0.25) is 0 Å². The Balaban J connectivity index is 3.90. The Kier molecular flexibility index (Phi) is 10.4. The molecule has 0 aliphatic heterocycles. The van der Waals surface area contributed by atoms with Gasteiger partial charge in [-0.2, -0.15) is 0 Å². The van der Waals surface area contributed by atoms with Gasteiger partial charge in [0.15, 0.2) is 0 Å². The van der Waals surface area contributed by atoms with Gasteiger partial charge in [-0.25, -0.2) is 0 Å². The van der Waals surface area contributed by atoms with Gasteiger partial charge in [-0.15, -0.1) is 0 Å². The highest BCUT2D eigenvalue weighted by Gasteiger charge is 2.22. The van der Waals surface area contributed by atoms with E-state index in [0.29, 0.717) is 37.6 Å². The Labute approximate surface area is 142 Å². The van der Waals surface area contributed by atoms with Gasteiger partial charge in [0, 0.05) is 32.4 Å². The van der Waals surface area contributed by atoms with Crippen LogP contribution in [-0.2, 0) is 14.3 Å². The third kappa shape index (κ3) is 12.2. The molecule has 0 saturated carbocycles. The van der Waals surface area contributed by atoms with Gasteiger partial charge in [0.1, 0.15) is 5.78 Å². The number of carbonyl (C=O) groups is 2. The van der Waals surface area contributed by atoms with Gasteiger partial charge in [-0.3, -0.25) is 9.59 Å². The average molecular weight is 328 g/mol. The fraction of sp³-hybridized carbons (Fsp3) is 0.895. The Morgan fingerprint density at radius 2 is 1.61 bits per heavy atom. The Hall–Kier alpha value is -0.900. The molecule has 136 valence electrons. The second-order valence-electron chi connectivity index (χ2n) is 7.76. The van der Waals surface area contributed by atoms with Crippen molar-refractivity contribution in [1.29, 1.82) is 0 Å². The number of hydrogen-bond acceptors (Lipinski definition) is 3. The van der Waals surface area contributed by atoms with Crippen molar-refractivity contribution in [3.05, 3.63) is 0 Å². The normalized spacial score (nSPS) is 12.3. The SMILES string of the molecule is CCCC(=O)CCNC(=O)CCC(C)(C)OCCC(C)(C)CC. The molecule has 0 aromatic carbocycles. The monoisotopic (exact) mass is 327 g/mol. The average Bonchev–Trinajstić information content (AvgIpc) is 2.45. The second-order valence-corrected chi connectivity index (χ2v) is 7.76. The number of hydrogen-bond donors (Lipinski definition) is 1. The number of rotatable bonds is 13. The highest BCUT2D eigenvalue weighted by atomic mass is 16.5. The van der Waals surface area contributed by atoms with Crippen molar-refractivity contribution in [3.63, 3.8) is 0 Å². The van der Waals surface area contributed by atoms with Gasteiger partial charge in [0.05, 0.1) is 5.60 Å². The standard InChI is InChI=1S/C19H37NO3/c1-7-9-16(21)11-14-20-17(22)10-12-19(5,6)23-15-13-18(3,4)8-2/h7-15H2,1-6H3,(H,20,22). The molecule has 1 N–H and O–H groups in total. The number of nitrogens with one attached hydrogen (secondary N) is 1. The molecule has 4 heteroatoms. The fourth-order valence-corrected chi connectivity index (χ4v) is 2.10. The maximum atomic E-state index is 11.8. The number of ketones is 1. The summed E-state index contributed by atoms with van der Waals surface area (Å²) < 4.78 is 5.96. The van der Waals surface area contributed by atoms with Gasteiger partial charge in [-0.1, -0.05) is 34.1 Å². The van der Waals surface area contributed by atoms with Gasteiger partial charge in [0.25, 0.3) is 0 Å². The number of amides is 1. The first-order valence-corrected chi connectivity index (χ1v) is 9.04. The van der Waals surface area contributed by atoms with Crippen molar-refractivity contribution in [1.82, 2.24) is 5.32 Å². The van der Waals surface area contributed by atoms with Crippen molar-refractivity contribution >= 4 is 11.7 Å². The van der Waals surface area contributed by atoms with Gasteiger partial charge in [-0.05, 0) is 38.5 Å². The molecule has 0 fully saturated rings. The van der Waals surface area contributed by atoms with Crippen molar-refractivity contribution in [2.45, 2.75) is 92.1 Å².